The van der Waals surface area contributed by atoms with E-state index in [1.807, 2.05) is 5.32 Å². The topological polar surface area (TPSA) is 240 Å². The second-order valence-electron chi connectivity index (χ2n) is 6.49. The van der Waals surface area contributed by atoms with Gasteiger partial charge in [0, 0.05) is 30.8 Å². The first-order chi connectivity index (χ1) is 15.2. The third-order valence-electron chi connectivity index (χ3n) is 3.97. The predicted molar refractivity (Wildman–Crippen MR) is 108 cm³/mol. The third-order valence-corrected chi connectivity index (χ3v) is 3.97. The smallest absolute Gasteiger partial charge is 0.326 e. The van der Waals surface area contributed by atoms with Gasteiger partial charge >= 0.3 is 23.9 Å². The lowest BCUT2D eigenvalue weighted by Gasteiger charge is -2.18. The minimum atomic E-state index is -1.47. The fourth-order valence-corrected chi connectivity index (χ4v) is 2.35. The number of ether oxygens (including phenoxy) is 1. The minimum Gasteiger partial charge on any atom is -0.481 e. The largest absolute Gasteiger partial charge is 0.481 e. The van der Waals surface area contributed by atoms with Crippen molar-refractivity contribution in [3.8, 4) is 0 Å². The summed E-state index contributed by atoms with van der Waals surface area (Å²) in [6, 6.07) is -3.80. The molecule has 0 aromatic rings. The molecule has 0 saturated heterocycles. The summed E-state index contributed by atoms with van der Waals surface area (Å²) in [7, 11) is 0. The number of carbonyl (C=O) groups is 5. The summed E-state index contributed by atoms with van der Waals surface area (Å²) in [5, 5.41) is 36.9. The highest BCUT2D eigenvalue weighted by molar-refractivity contribution is 5.86. The van der Waals surface area contributed by atoms with Crippen LogP contribution in [0.15, 0.2) is 5.11 Å². The molecule has 0 aliphatic heterocycles. The predicted octanol–water partition coefficient (Wildman–Crippen LogP) is 0.0603. The lowest BCUT2D eigenvalue weighted by molar-refractivity contribution is -0.140. The van der Waals surface area contributed by atoms with Gasteiger partial charge in [-0.3, -0.25) is 9.59 Å². The van der Waals surface area contributed by atoms with Crippen molar-refractivity contribution in [1.29, 1.82) is 0 Å². The Hall–Kier alpha value is -3.58. The lowest BCUT2D eigenvalue weighted by atomic mass is 10.1. The standard InChI is InChI=1S/C17H28N6O9/c18-23-20-8-10-32-9-6-13(24)19-7-2-1-3-11(15(27)28)21-17(31)22-12(16(29)30)4-5-14(25)26/h11-12H,1-10H2,(H,19,24)(H,25,26)(H,27,28)(H,29,30)(H2,21,22,31)/t11-,12-/m1/s1. The number of carboxylic acid groups (broad SMARTS) is 3. The molecule has 15 heteroatoms. The van der Waals surface area contributed by atoms with E-state index in [1.165, 1.54) is 0 Å². The van der Waals surface area contributed by atoms with Crippen LogP contribution in [-0.2, 0) is 23.9 Å². The Kier molecular flexibility index (Phi) is 15.2. The van der Waals surface area contributed by atoms with Crippen LogP contribution >= 0.6 is 0 Å². The van der Waals surface area contributed by atoms with E-state index in [0.29, 0.717) is 12.8 Å². The van der Waals surface area contributed by atoms with Crippen LogP contribution in [-0.4, -0.2) is 83.6 Å². The molecular weight excluding hydrogens is 432 g/mol. The van der Waals surface area contributed by atoms with Crippen molar-refractivity contribution in [2.45, 2.75) is 50.6 Å². The highest BCUT2D eigenvalue weighted by Crippen LogP contribution is 2.03. The van der Waals surface area contributed by atoms with Gasteiger partial charge in [0.25, 0.3) is 0 Å². The molecule has 0 unspecified atom stereocenters. The number of urea groups is 1. The van der Waals surface area contributed by atoms with Crippen LogP contribution in [0.3, 0.4) is 0 Å². The number of unbranched alkanes of at least 4 members (excludes halogenated alkanes) is 1. The number of azide groups is 1. The molecule has 0 saturated carbocycles. The zero-order chi connectivity index (χ0) is 24.4. The van der Waals surface area contributed by atoms with Crippen LogP contribution in [0, 0.1) is 0 Å². The molecule has 180 valence electrons. The number of nitrogens with zero attached hydrogens (tertiary/aromatic N) is 3. The van der Waals surface area contributed by atoms with Crippen LogP contribution in [0.5, 0.6) is 0 Å². The highest BCUT2D eigenvalue weighted by Gasteiger charge is 2.24. The van der Waals surface area contributed by atoms with Crippen molar-refractivity contribution in [2.75, 3.05) is 26.3 Å². The van der Waals surface area contributed by atoms with Gasteiger partial charge in [0.05, 0.1) is 13.2 Å². The maximum Gasteiger partial charge on any atom is 0.326 e. The average molecular weight is 460 g/mol. The van der Waals surface area contributed by atoms with E-state index in [9.17, 15) is 29.1 Å². The summed E-state index contributed by atoms with van der Waals surface area (Å²) in [6.45, 7) is 0.832. The van der Waals surface area contributed by atoms with Crippen LogP contribution in [0.1, 0.15) is 38.5 Å². The molecule has 0 aliphatic rings. The number of nitrogens with one attached hydrogen (secondary N) is 3. The van der Waals surface area contributed by atoms with Crippen LogP contribution in [0.2, 0.25) is 0 Å². The van der Waals surface area contributed by atoms with Crippen LogP contribution in [0.25, 0.3) is 10.4 Å². The zero-order valence-corrected chi connectivity index (χ0v) is 17.4. The fraction of sp³-hybridized carbons (Fsp3) is 0.706. The summed E-state index contributed by atoms with van der Waals surface area (Å²) in [5.74, 6) is -4.25. The van der Waals surface area contributed by atoms with Crippen molar-refractivity contribution >= 4 is 29.8 Å². The Bertz CT molecular complexity index is 696. The third kappa shape index (κ3) is 15.3. The SMILES string of the molecule is [N-]=[N+]=NCCOCCC(=O)NCCCC[C@@H](NC(=O)N[C@H](CCC(=O)O)C(=O)O)C(=O)O. The summed E-state index contributed by atoms with van der Waals surface area (Å²) in [6.07, 6.45) is 0.104. The molecule has 0 aromatic carbocycles. The van der Waals surface area contributed by atoms with Crippen molar-refractivity contribution in [3.05, 3.63) is 10.4 Å². The van der Waals surface area contributed by atoms with Crippen molar-refractivity contribution in [2.24, 2.45) is 5.11 Å². The molecule has 3 amide bonds. The lowest BCUT2D eigenvalue weighted by Crippen LogP contribution is -2.51. The van der Waals surface area contributed by atoms with Gasteiger partial charge in [0.2, 0.25) is 5.91 Å². The average Bonchev–Trinajstić information content (AvgIpc) is 2.71. The molecule has 0 spiro atoms. The first kappa shape index (κ1) is 28.4. The maximum absolute atomic E-state index is 11.9. The van der Waals surface area contributed by atoms with Gasteiger partial charge in [-0.05, 0) is 31.2 Å². The zero-order valence-electron chi connectivity index (χ0n) is 17.4. The number of carbonyl (C=O) groups excluding carboxylic acids is 2. The van der Waals surface area contributed by atoms with Gasteiger partial charge < -0.3 is 36.0 Å². The number of rotatable bonds is 18. The quantitative estimate of drug-likeness (QED) is 0.0700. The molecule has 2 atom stereocenters. The van der Waals surface area contributed by atoms with Gasteiger partial charge in [-0.2, -0.15) is 0 Å². The van der Waals surface area contributed by atoms with Crippen molar-refractivity contribution in [3.63, 3.8) is 0 Å². The Morgan fingerprint density at radius 3 is 2.09 bits per heavy atom. The van der Waals surface area contributed by atoms with E-state index >= 15 is 0 Å². The first-order valence-electron chi connectivity index (χ1n) is 9.77. The van der Waals surface area contributed by atoms with E-state index < -0.39 is 42.4 Å². The Balaban J connectivity index is 4.18. The second-order valence-corrected chi connectivity index (χ2v) is 6.49. The number of carboxylic acids is 3. The Morgan fingerprint density at radius 2 is 1.53 bits per heavy atom. The summed E-state index contributed by atoms with van der Waals surface area (Å²) < 4.78 is 5.09. The molecule has 0 rings (SSSR count). The second kappa shape index (κ2) is 17.1. The van der Waals surface area contributed by atoms with E-state index in [2.05, 4.69) is 20.7 Å². The molecule has 0 aliphatic carbocycles. The Labute approximate surface area is 183 Å². The number of amides is 3. The van der Waals surface area contributed by atoms with Crippen LogP contribution in [0.4, 0.5) is 4.79 Å². The normalized spacial score (nSPS) is 12.0. The van der Waals surface area contributed by atoms with E-state index in [1.54, 1.807) is 0 Å². The summed E-state index contributed by atoms with van der Waals surface area (Å²) in [5.41, 5.74) is 8.09. The number of aliphatic carboxylic acids is 3. The molecular formula is C17H28N6O9. The molecule has 15 nitrogen and oxygen atoms in total. The van der Waals surface area contributed by atoms with Crippen molar-refractivity contribution < 1.29 is 44.0 Å². The van der Waals surface area contributed by atoms with E-state index in [-0.39, 0.29) is 51.5 Å². The molecule has 0 fully saturated rings. The maximum atomic E-state index is 11.9. The summed E-state index contributed by atoms with van der Waals surface area (Å²) >= 11 is 0. The molecule has 0 aromatic heterocycles. The molecule has 0 heterocycles. The number of hydrogen-bond acceptors (Lipinski definition) is 7. The van der Waals surface area contributed by atoms with E-state index in [0.717, 1.165) is 0 Å². The monoisotopic (exact) mass is 460 g/mol. The first-order valence-corrected chi connectivity index (χ1v) is 9.77. The Morgan fingerprint density at radius 1 is 0.906 bits per heavy atom. The van der Waals surface area contributed by atoms with Crippen LogP contribution < -0.4 is 16.0 Å². The summed E-state index contributed by atoms with van der Waals surface area (Å²) in [4.78, 5) is 59.0. The molecule has 6 N–H and O–H groups in total. The minimum absolute atomic E-state index is 0.0357. The van der Waals surface area contributed by atoms with Crippen molar-refractivity contribution in [1.82, 2.24) is 16.0 Å². The highest BCUT2D eigenvalue weighted by atomic mass is 16.5. The van der Waals surface area contributed by atoms with Gasteiger partial charge in [-0.15, -0.1) is 0 Å². The van der Waals surface area contributed by atoms with Gasteiger partial charge in [0.15, 0.2) is 0 Å². The molecule has 32 heavy (non-hydrogen) atoms. The van der Waals surface area contributed by atoms with Gasteiger partial charge in [-0.1, -0.05) is 5.11 Å². The fourth-order valence-electron chi connectivity index (χ4n) is 2.35. The number of hydrogen-bond donors (Lipinski definition) is 6. The molecule has 0 radical (unpaired) electrons. The van der Waals surface area contributed by atoms with Gasteiger partial charge in [-0.25, -0.2) is 14.4 Å². The van der Waals surface area contributed by atoms with Gasteiger partial charge in [0.1, 0.15) is 12.1 Å². The van der Waals surface area contributed by atoms with E-state index in [4.69, 9.17) is 20.5 Å². The molecule has 0 bridgehead atoms.